The van der Waals surface area contributed by atoms with Gasteiger partial charge < -0.3 is 10.9 Å². The van der Waals surface area contributed by atoms with Gasteiger partial charge in [-0.2, -0.15) is 4.31 Å². The van der Waals surface area contributed by atoms with Gasteiger partial charge in [-0.3, -0.25) is 0 Å². The largest absolute Gasteiger partial charge is 0.379 e. The number of hydrogen-bond donors (Lipinski definition) is 1. The lowest BCUT2D eigenvalue weighted by Gasteiger charge is -2.26. The van der Waals surface area contributed by atoms with Gasteiger partial charge in [-0.1, -0.05) is 18.2 Å². The van der Waals surface area contributed by atoms with Gasteiger partial charge >= 0.3 is 0 Å². The molecule has 1 aromatic carbocycles. The predicted molar refractivity (Wildman–Crippen MR) is 73.0 cm³/mol. The molecule has 0 aliphatic carbocycles. The van der Waals surface area contributed by atoms with Crippen LogP contribution in [-0.2, 0) is 14.8 Å². The molecule has 0 aromatic heterocycles. The molecule has 18 heavy (non-hydrogen) atoms. The van der Waals surface area contributed by atoms with E-state index in [4.69, 9.17) is 4.74 Å². The molecule has 1 saturated heterocycles. The van der Waals surface area contributed by atoms with Crippen molar-refractivity contribution in [2.75, 3.05) is 26.3 Å². The zero-order valence-corrected chi connectivity index (χ0v) is 12.0. The van der Waals surface area contributed by atoms with Crippen LogP contribution in [0, 0.1) is 6.92 Å². The van der Waals surface area contributed by atoms with Crippen LogP contribution in [0.25, 0.3) is 0 Å². The molecule has 1 aliphatic rings. The van der Waals surface area contributed by atoms with Crippen LogP contribution < -0.4 is 6.15 Å². The van der Waals surface area contributed by atoms with Gasteiger partial charge in [0.25, 0.3) is 0 Å². The number of halogens is 1. The van der Waals surface area contributed by atoms with Crippen molar-refractivity contribution >= 4 is 22.4 Å². The van der Waals surface area contributed by atoms with Crippen LogP contribution in [0.15, 0.2) is 29.2 Å². The van der Waals surface area contributed by atoms with Crippen molar-refractivity contribution < 1.29 is 13.2 Å². The standard InChI is InChI=1S/C11H15NO3S.ClH.H3N/c1-10-4-2-3-5-11(10)16(13,14)12-6-8-15-9-7-12;;/h2-5H,6-9H2,1H3;1H;1H3. The molecule has 5 nitrogen and oxygen atoms in total. The summed E-state index contributed by atoms with van der Waals surface area (Å²) in [7, 11) is -3.34. The van der Waals surface area contributed by atoms with E-state index in [0.717, 1.165) is 5.56 Å². The minimum Gasteiger partial charge on any atom is -0.379 e. The predicted octanol–water partition coefficient (Wildman–Crippen LogP) is 1.60. The topological polar surface area (TPSA) is 81.6 Å². The van der Waals surface area contributed by atoms with Gasteiger partial charge in [0.2, 0.25) is 10.0 Å². The Morgan fingerprint density at radius 3 is 2.28 bits per heavy atom. The van der Waals surface area contributed by atoms with E-state index in [1.165, 1.54) is 4.31 Å². The third-order valence-corrected chi connectivity index (χ3v) is 4.74. The van der Waals surface area contributed by atoms with Crippen molar-refractivity contribution in [3.05, 3.63) is 29.8 Å². The molecule has 1 fully saturated rings. The molecule has 0 atom stereocenters. The fraction of sp³-hybridized carbons (Fsp3) is 0.455. The maximum absolute atomic E-state index is 12.3. The van der Waals surface area contributed by atoms with Gasteiger partial charge in [0.05, 0.1) is 18.1 Å². The average Bonchev–Trinajstić information content (AvgIpc) is 2.30. The van der Waals surface area contributed by atoms with E-state index in [1.807, 2.05) is 19.1 Å². The fourth-order valence-electron chi connectivity index (χ4n) is 1.77. The highest BCUT2D eigenvalue weighted by Crippen LogP contribution is 2.20. The monoisotopic (exact) mass is 294 g/mol. The first-order chi connectivity index (χ1) is 7.62. The molecule has 2 rings (SSSR count). The Hall–Kier alpha value is -0.660. The van der Waals surface area contributed by atoms with Gasteiger partial charge in [-0.25, -0.2) is 8.42 Å². The summed E-state index contributed by atoms with van der Waals surface area (Å²) in [6.07, 6.45) is 0. The molecule has 1 aromatic rings. The average molecular weight is 295 g/mol. The number of aryl methyl sites for hydroxylation is 1. The van der Waals surface area contributed by atoms with Crippen molar-refractivity contribution in [3.63, 3.8) is 0 Å². The molecule has 1 heterocycles. The Balaban J connectivity index is 0.00000144. The molecular weight excluding hydrogens is 276 g/mol. The van der Waals surface area contributed by atoms with Crippen molar-refractivity contribution in [2.24, 2.45) is 0 Å². The smallest absolute Gasteiger partial charge is 0.243 e. The number of ether oxygens (including phenoxy) is 1. The van der Waals surface area contributed by atoms with Gasteiger partial charge in [0.15, 0.2) is 0 Å². The summed E-state index contributed by atoms with van der Waals surface area (Å²) in [5, 5.41) is 0. The van der Waals surface area contributed by atoms with E-state index in [2.05, 4.69) is 0 Å². The molecule has 3 N–H and O–H groups in total. The summed E-state index contributed by atoms with van der Waals surface area (Å²) in [6, 6.07) is 7.06. The minimum absolute atomic E-state index is 0. The summed E-state index contributed by atoms with van der Waals surface area (Å²) in [6.45, 7) is 3.65. The number of morpholine rings is 1. The highest BCUT2D eigenvalue weighted by Gasteiger charge is 2.27. The summed E-state index contributed by atoms with van der Waals surface area (Å²) in [5.41, 5.74) is 0.786. The Morgan fingerprint density at radius 2 is 1.72 bits per heavy atom. The number of nitrogens with zero attached hydrogens (tertiary/aromatic N) is 1. The lowest BCUT2D eigenvalue weighted by molar-refractivity contribution is 0.0730. The van der Waals surface area contributed by atoms with Gasteiger partial charge in [0, 0.05) is 13.1 Å². The number of hydrogen-bond acceptors (Lipinski definition) is 4. The molecule has 0 spiro atoms. The van der Waals surface area contributed by atoms with E-state index in [-0.39, 0.29) is 18.6 Å². The fourth-order valence-corrected chi connectivity index (χ4v) is 3.41. The molecular formula is C11H19ClN2O3S. The van der Waals surface area contributed by atoms with Crippen LogP contribution in [0.5, 0.6) is 0 Å². The Morgan fingerprint density at radius 1 is 1.17 bits per heavy atom. The molecule has 104 valence electrons. The van der Waals surface area contributed by atoms with Crippen molar-refractivity contribution in [2.45, 2.75) is 11.8 Å². The van der Waals surface area contributed by atoms with Crippen molar-refractivity contribution in [1.29, 1.82) is 0 Å². The second-order valence-corrected chi connectivity index (χ2v) is 5.69. The number of rotatable bonds is 2. The summed E-state index contributed by atoms with van der Waals surface area (Å²) in [5.74, 6) is 0. The maximum atomic E-state index is 12.3. The van der Waals surface area contributed by atoms with E-state index in [9.17, 15) is 8.42 Å². The molecule has 7 heteroatoms. The van der Waals surface area contributed by atoms with E-state index in [0.29, 0.717) is 31.2 Å². The highest BCUT2D eigenvalue weighted by atomic mass is 35.5. The Bertz CT molecular complexity index is 473. The van der Waals surface area contributed by atoms with E-state index < -0.39 is 10.0 Å². The van der Waals surface area contributed by atoms with E-state index >= 15 is 0 Å². The first kappa shape index (κ1) is 17.3. The summed E-state index contributed by atoms with van der Waals surface area (Å²) < 4.78 is 31.2. The number of benzene rings is 1. The van der Waals surface area contributed by atoms with Gasteiger partial charge in [-0.15, -0.1) is 12.4 Å². The van der Waals surface area contributed by atoms with Crippen LogP contribution in [0.2, 0.25) is 0 Å². The highest BCUT2D eigenvalue weighted by molar-refractivity contribution is 7.89. The lowest BCUT2D eigenvalue weighted by atomic mass is 10.2. The molecule has 0 bridgehead atoms. The van der Waals surface area contributed by atoms with Crippen LogP contribution in [0.3, 0.4) is 0 Å². The van der Waals surface area contributed by atoms with Crippen LogP contribution in [-0.4, -0.2) is 39.0 Å². The van der Waals surface area contributed by atoms with Crippen LogP contribution in [0.1, 0.15) is 5.56 Å². The first-order valence-corrected chi connectivity index (χ1v) is 6.70. The molecule has 0 saturated carbocycles. The zero-order valence-electron chi connectivity index (χ0n) is 10.3. The van der Waals surface area contributed by atoms with Crippen LogP contribution >= 0.6 is 12.4 Å². The third kappa shape index (κ3) is 3.43. The molecule has 0 unspecified atom stereocenters. The number of sulfonamides is 1. The van der Waals surface area contributed by atoms with Crippen molar-refractivity contribution in [1.82, 2.24) is 10.5 Å². The second-order valence-electron chi connectivity index (χ2n) is 3.78. The normalized spacial score (nSPS) is 16.5. The lowest BCUT2D eigenvalue weighted by Crippen LogP contribution is -2.40. The second kappa shape index (κ2) is 7.06. The third-order valence-electron chi connectivity index (χ3n) is 2.68. The van der Waals surface area contributed by atoms with Gasteiger partial charge in [0.1, 0.15) is 0 Å². The molecule has 0 radical (unpaired) electrons. The first-order valence-electron chi connectivity index (χ1n) is 5.26. The van der Waals surface area contributed by atoms with Crippen molar-refractivity contribution in [3.8, 4) is 0 Å². The minimum atomic E-state index is -3.34. The zero-order chi connectivity index (χ0) is 11.6. The SMILES string of the molecule is Cc1ccccc1S(=O)(=O)N1CCOCC1.Cl.N. The molecule has 0 amide bonds. The summed E-state index contributed by atoms with van der Waals surface area (Å²) in [4.78, 5) is 0.400. The van der Waals surface area contributed by atoms with Crippen LogP contribution in [0.4, 0.5) is 0 Å². The van der Waals surface area contributed by atoms with E-state index in [1.54, 1.807) is 12.1 Å². The quantitative estimate of drug-likeness (QED) is 0.898. The Kier molecular flexibility index (Phi) is 6.80. The Labute approximate surface area is 114 Å². The molecule has 1 aliphatic heterocycles. The summed E-state index contributed by atoms with van der Waals surface area (Å²) >= 11 is 0. The van der Waals surface area contributed by atoms with Gasteiger partial charge in [-0.05, 0) is 18.6 Å². The maximum Gasteiger partial charge on any atom is 0.243 e.